The average molecular weight is 536 g/mol. The van der Waals surface area contributed by atoms with Crippen molar-refractivity contribution in [1.29, 1.82) is 0 Å². The Morgan fingerprint density at radius 3 is 2.76 bits per heavy atom. The van der Waals surface area contributed by atoms with Crippen molar-refractivity contribution in [1.82, 2.24) is 4.57 Å². The predicted octanol–water partition coefficient (Wildman–Crippen LogP) is 4.34. The van der Waals surface area contributed by atoms with Gasteiger partial charge in [-0.15, -0.1) is 11.3 Å². The number of rotatable bonds is 6. The first-order valence-electron chi connectivity index (χ1n) is 11.4. The maximum atomic E-state index is 13.6. The number of esters is 1. The largest absolute Gasteiger partial charge is 0.463 e. The number of furan rings is 1. The van der Waals surface area contributed by atoms with E-state index < -0.39 is 16.9 Å². The van der Waals surface area contributed by atoms with Crippen molar-refractivity contribution in [3.05, 3.63) is 105 Å². The number of thiazole rings is 1. The Kier molecular flexibility index (Phi) is 6.48. The van der Waals surface area contributed by atoms with Crippen molar-refractivity contribution in [2.45, 2.75) is 26.8 Å². The molecule has 5 rings (SSSR count). The highest BCUT2D eigenvalue weighted by Crippen LogP contribution is 2.33. The third-order valence-corrected chi connectivity index (χ3v) is 7.90. The van der Waals surface area contributed by atoms with Gasteiger partial charge in [-0.3, -0.25) is 19.5 Å². The minimum atomic E-state index is -0.642. The number of aromatic nitrogens is 1. The molecule has 0 saturated heterocycles. The summed E-state index contributed by atoms with van der Waals surface area (Å²) in [7, 11) is 0. The zero-order chi connectivity index (χ0) is 26.3. The van der Waals surface area contributed by atoms with Crippen LogP contribution in [0, 0.1) is 17.0 Å². The molecular formula is C26H21N3O6S2. The molecule has 1 atom stereocenters. The van der Waals surface area contributed by atoms with Crippen molar-refractivity contribution >= 4 is 40.4 Å². The molecule has 0 radical (unpaired) electrons. The molecule has 0 saturated carbocycles. The van der Waals surface area contributed by atoms with E-state index in [1.807, 2.05) is 17.5 Å². The molecule has 188 valence electrons. The van der Waals surface area contributed by atoms with Crippen LogP contribution in [-0.4, -0.2) is 22.1 Å². The van der Waals surface area contributed by atoms with Crippen LogP contribution in [0.1, 0.15) is 36.1 Å². The molecule has 0 fully saturated rings. The monoisotopic (exact) mass is 535 g/mol. The summed E-state index contributed by atoms with van der Waals surface area (Å²) in [6.45, 7) is 5.35. The first-order valence-corrected chi connectivity index (χ1v) is 13.1. The zero-order valence-electron chi connectivity index (χ0n) is 20.1. The molecule has 1 aliphatic heterocycles. The molecule has 0 spiro atoms. The summed E-state index contributed by atoms with van der Waals surface area (Å²) in [6, 6.07) is 11.3. The molecule has 4 aromatic rings. The number of thiophene rings is 1. The van der Waals surface area contributed by atoms with Crippen LogP contribution in [0.2, 0.25) is 0 Å². The lowest BCUT2D eigenvalue weighted by Gasteiger charge is -2.23. The Hall–Kier alpha value is -4.09. The van der Waals surface area contributed by atoms with Crippen molar-refractivity contribution in [2.24, 2.45) is 4.99 Å². The van der Waals surface area contributed by atoms with E-state index in [9.17, 15) is 19.7 Å². The van der Waals surface area contributed by atoms with E-state index in [2.05, 4.69) is 4.99 Å². The van der Waals surface area contributed by atoms with Crippen molar-refractivity contribution in [3.63, 3.8) is 0 Å². The highest BCUT2D eigenvalue weighted by atomic mass is 32.1. The van der Waals surface area contributed by atoms with Crippen molar-refractivity contribution < 1.29 is 18.9 Å². The molecule has 1 aliphatic rings. The molecule has 0 amide bonds. The van der Waals surface area contributed by atoms with E-state index >= 15 is 0 Å². The van der Waals surface area contributed by atoms with Gasteiger partial charge >= 0.3 is 5.97 Å². The van der Waals surface area contributed by atoms with Gasteiger partial charge in [0.15, 0.2) is 4.80 Å². The fourth-order valence-electron chi connectivity index (χ4n) is 4.30. The predicted molar refractivity (Wildman–Crippen MR) is 140 cm³/mol. The quantitative estimate of drug-likeness (QED) is 0.206. The fraction of sp³-hybridized carbons (Fsp3) is 0.192. The number of hydrogen-bond acceptors (Lipinski definition) is 9. The summed E-state index contributed by atoms with van der Waals surface area (Å²) in [5, 5.41) is 13.2. The number of nitro benzene ring substituents is 1. The van der Waals surface area contributed by atoms with E-state index in [1.54, 1.807) is 51.1 Å². The molecule has 0 N–H and O–H groups in total. The van der Waals surface area contributed by atoms with Crippen LogP contribution in [0.15, 0.2) is 73.3 Å². The Labute approximate surface area is 218 Å². The normalized spacial score (nSPS) is 15.4. The van der Waals surface area contributed by atoms with Crippen LogP contribution in [-0.2, 0) is 9.53 Å². The molecule has 3 aromatic heterocycles. The number of benzene rings is 1. The van der Waals surface area contributed by atoms with Crippen LogP contribution in [0.4, 0.5) is 5.69 Å². The second-order valence-electron chi connectivity index (χ2n) is 8.23. The van der Waals surface area contributed by atoms with Gasteiger partial charge in [-0.2, -0.15) is 0 Å². The van der Waals surface area contributed by atoms with Gasteiger partial charge in [0.1, 0.15) is 17.6 Å². The first kappa shape index (κ1) is 24.6. The highest BCUT2D eigenvalue weighted by Gasteiger charge is 2.33. The minimum Gasteiger partial charge on any atom is -0.463 e. The lowest BCUT2D eigenvalue weighted by atomic mass is 10.0. The lowest BCUT2D eigenvalue weighted by molar-refractivity contribution is -0.385. The topological polar surface area (TPSA) is 117 Å². The third-order valence-electron chi connectivity index (χ3n) is 6.00. The number of nitrogens with zero attached hydrogens (tertiary/aromatic N) is 3. The summed E-state index contributed by atoms with van der Waals surface area (Å²) in [5.41, 5.74) is 1.63. The molecular weight excluding hydrogens is 514 g/mol. The summed E-state index contributed by atoms with van der Waals surface area (Å²) in [5.74, 6) is 0.372. The molecule has 0 aliphatic carbocycles. The number of hydrogen-bond donors (Lipinski definition) is 0. The molecule has 0 bridgehead atoms. The number of nitro groups is 1. The van der Waals surface area contributed by atoms with Gasteiger partial charge in [0.25, 0.3) is 11.2 Å². The average Bonchev–Trinajstić information content (AvgIpc) is 3.60. The van der Waals surface area contributed by atoms with Gasteiger partial charge in [-0.25, -0.2) is 9.79 Å². The Morgan fingerprint density at radius 1 is 1.24 bits per heavy atom. The van der Waals surface area contributed by atoms with Crippen LogP contribution >= 0.6 is 22.7 Å². The number of allylic oxidation sites excluding steroid dienone is 1. The second kappa shape index (κ2) is 9.75. The Morgan fingerprint density at radius 2 is 2.05 bits per heavy atom. The van der Waals surface area contributed by atoms with Gasteiger partial charge in [0.05, 0.1) is 27.3 Å². The SMILES string of the molecule is CCOC(=O)C1=C(C)N=c2s/c(=C\c3ccc(-c4cccc([N+](=O)[O-])c4C)o3)c(=O)n2[C@H]1c1cccs1. The van der Waals surface area contributed by atoms with Gasteiger partial charge in [0.2, 0.25) is 0 Å². The molecule has 37 heavy (non-hydrogen) atoms. The first-order chi connectivity index (χ1) is 17.8. The Balaban J connectivity index is 1.61. The number of carbonyl (C=O) groups excluding carboxylic acids is 1. The molecule has 9 nitrogen and oxygen atoms in total. The van der Waals surface area contributed by atoms with E-state index in [4.69, 9.17) is 9.15 Å². The van der Waals surface area contributed by atoms with Gasteiger partial charge in [0, 0.05) is 28.1 Å². The highest BCUT2D eigenvalue weighted by molar-refractivity contribution is 7.10. The van der Waals surface area contributed by atoms with Crippen LogP contribution in [0.5, 0.6) is 0 Å². The standard InChI is InChI=1S/C26H21N3O6S2/c1-4-34-25(31)22-15(3)27-26-28(23(22)20-9-6-12-36-20)24(30)21(37-26)13-16-10-11-19(35-16)17-7-5-8-18(14(17)2)29(32)33/h5-13,23H,4H2,1-3H3/b21-13-/t23-/m0/s1. The summed E-state index contributed by atoms with van der Waals surface area (Å²) in [6.07, 6.45) is 1.62. The number of fused-ring (bicyclic) bond motifs is 1. The maximum absolute atomic E-state index is 13.6. The fourth-order valence-corrected chi connectivity index (χ4v) is 6.15. The third kappa shape index (κ3) is 4.36. The van der Waals surface area contributed by atoms with Crippen LogP contribution in [0.3, 0.4) is 0 Å². The summed E-state index contributed by atoms with van der Waals surface area (Å²) in [4.78, 5) is 43.2. The Bertz CT molecular complexity index is 1740. The summed E-state index contributed by atoms with van der Waals surface area (Å²) < 4.78 is 13.1. The van der Waals surface area contributed by atoms with E-state index in [-0.39, 0.29) is 17.9 Å². The van der Waals surface area contributed by atoms with E-state index in [0.717, 1.165) is 4.88 Å². The van der Waals surface area contributed by atoms with Crippen LogP contribution < -0.4 is 14.9 Å². The van der Waals surface area contributed by atoms with E-state index in [1.165, 1.54) is 33.3 Å². The second-order valence-corrected chi connectivity index (χ2v) is 10.2. The number of carbonyl (C=O) groups is 1. The van der Waals surface area contributed by atoms with Crippen molar-refractivity contribution in [3.8, 4) is 11.3 Å². The van der Waals surface area contributed by atoms with Gasteiger partial charge in [-0.05, 0) is 44.4 Å². The summed E-state index contributed by atoms with van der Waals surface area (Å²) >= 11 is 2.65. The molecule has 11 heteroatoms. The number of ether oxygens (including phenoxy) is 1. The molecule has 1 aromatic carbocycles. The van der Waals surface area contributed by atoms with Crippen molar-refractivity contribution in [2.75, 3.05) is 6.61 Å². The van der Waals surface area contributed by atoms with E-state index in [0.29, 0.717) is 43.3 Å². The zero-order valence-corrected chi connectivity index (χ0v) is 21.7. The van der Waals surface area contributed by atoms with Gasteiger partial charge in [-0.1, -0.05) is 29.5 Å². The van der Waals surface area contributed by atoms with Crippen LogP contribution in [0.25, 0.3) is 17.4 Å². The molecule has 4 heterocycles. The van der Waals surface area contributed by atoms with Gasteiger partial charge < -0.3 is 9.15 Å². The smallest absolute Gasteiger partial charge is 0.338 e. The lowest BCUT2D eigenvalue weighted by Crippen LogP contribution is -2.39. The maximum Gasteiger partial charge on any atom is 0.338 e. The minimum absolute atomic E-state index is 0.00473. The molecule has 0 unspecified atom stereocenters.